The van der Waals surface area contributed by atoms with Crippen LogP contribution in [0.1, 0.15) is 16.1 Å². The van der Waals surface area contributed by atoms with Gasteiger partial charge in [-0.05, 0) is 34.1 Å². The van der Waals surface area contributed by atoms with Crippen molar-refractivity contribution in [3.63, 3.8) is 0 Å². The third-order valence-corrected chi connectivity index (χ3v) is 4.26. The summed E-state index contributed by atoms with van der Waals surface area (Å²) in [5.74, 6) is -1.29. The van der Waals surface area contributed by atoms with E-state index in [4.69, 9.17) is 16.7 Å². The van der Waals surface area contributed by atoms with Crippen LogP contribution in [0.5, 0.6) is 0 Å². The van der Waals surface area contributed by atoms with Crippen LogP contribution in [0.15, 0.2) is 34.8 Å². The Labute approximate surface area is 146 Å². The largest absolute Gasteiger partial charge is 0.395 e. The molecule has 0 aliphatic carbocycles. The van der Waals surface area contributed by atoms with Crippen LogP contribution in [-0.4, -0.2) is 29.1 Å². The maximum absolute atomic E-state index is 13.9. The average Bonchev–Trinajstić information content (AvgIpc) is 2.53. The van der Waals surface area contributed by atoms with Crippen molar-refractivity contribution in [3.05, 3.63) is 57.0 Å². The molecular weight excluding hydrogens is 389 g/mol. The Balaban J connectivity index is 2.10. The molecule has 2 rings (SSSR count). The van der Waals surface area contributed by atoms with Gasteiger partial charge in [-0.2, -0.15) is 4.39 Å². The van der Waals surface area contributed by atoms with Gasteiger partial charge in [-0.25, -0.2) is 4.98 Å². The lowest BCUT2D eigenvalue weighted by atomic mass is 10.2. The van der Waals surface area contributed by atoms with Crippen LogP contribution < -0.4 is 10.6 Å². The molecule has 1 amide bonds. The predicted octanol–water partition coefficient (Wildman–Crippen LogP) is 2.97. The first-order valence-electron chi connectivity index (χ1n) is 6.75. The molecule has 0 aliphatic heterocycles. The SMILES string of the molecule is O=C(Nc1cccc(Br)c1Cl)c1ccc(CNCCO)c(F)n1. The van der Waals surface area contributed by atoms with Gasteiger partial charge in [-0.1, -0.05) is 23.7 Å². The number of hydrogen-bond acceptors (Lipinski definition) is 4. The first kappa shape index (κ1) is 17.8. The molecule has 0 radical (unpaired) electrons. The topological polar surface area (TPSA) is 74.2 Å². The lowest BCUT2D eigenvalue weighted by Crippen LogP contribution is -2.20. The second-order valence-electron chi connectivity index (χ2n) is 4.60. The van der Waals surface area contributed by atoms with Gasteiger partial charge in [0.2, 0.25) is 5.95 Å². The zero-order valence-corrected chi connectivity index (χ0v) is 14.3. The Kier molecular flexibility index (Phi) is 6.47. The summed E-state index contributed by atoms with van der Waals surface area (Å²) < 4.78 is 14.5. The fraction of sp³-hybridized carbons (Fsp3) is 0.200. The van der Waals surface area contributed by atoms with Crippen LogP contribution in [0.4, 0.5) is 10.1 Å². The lowest BCUT2D eigenvalue weighted by molar-refractivity contribution is 0.102. The van der Waals surface area contributed by atoms with E-state index in [1.54, 1.807) is 18.2 Å². The monoisotopic (exact) mass is 401 g/mol. The fourth-order valence-electron chi connectivity index (χ4n) is 1.81. The quantitative estimate of drug-likeness (QED) is 0.513. The molecule has 23 heavy (non-hydrogen) atoms. The summed E-state index contributed by atoms with van der Waals surface area (Å²) in [6.45, 7) is 0.532. The van der Waals surface area contributed by atoms with Crippen LogP contribution in [0.25, 0.3) is 0 Å². The van der Waals surface area contributed by atoms with Gasteiger partial charge < -0.3 is 15.7 Å². The minimum absolute atomic E-state index is 0.0388. The van der Waals surface area contributed by atoms with Gasteiger partial charge in [0, 0.05) is 23.1 Å². The molecule has 0 spiro atoms. The summed E-state index contributed by atoms with van der Waals surface area (Å²) >= 11 is 9.33. The van der Waals surface area contributed by atoms with Gasteiger partial charge in [0.15, 0.2) is 0 Å². The lowest BCUT2D eigenvalue weighted by Gasteiger charge is -2.09. The number of amides is 1. The first-order chi connectivity index (χ1) is 11.0. The van der Waals surface area contributed by atoms with E-state index in [9.17, 15) is 9.18 Å². The number of benzene rings is 1. The van der Waals surface area contributed by atoms with Crippen LogP contribution >= 0.6 is 27.5 Å². The number of rotatable bonds is 6. The summed E-state index contributed by atoms with van der Waals surface area (Å²) in [4.78, 5) is 15.8. The van der Waals surface area contributed by atoms with E-state index >= 15 is 0 Å². The van der Waals surface area contributed by atoms with E-state index < -0.39 is 11.9 Å². The number of aliphatic hydroxyl groups excluding tert-OH is 1. The molecule has 2 aromatic rings. The van der Waals surface area contributed by atoms with Gasteiger partial charge in [0.05, 0.1) is 17.3 Å². The van der Waals surface area contributed by atoms with Crippen molar-refractivity contribution < 1.29 is 14.3 Å². The second kappa shape index (κ2) is 8.35. The van der Waals surface area contributed by atoms with Gasteiger partial charge in [-0.3, -0.25) is 4.79 Å². The smallest absolute Gasteiger partial charge is 0.274 e. The van der Waals surface area contributed by atoms with Crippen LogP contribution in [-0.2, 0) is 6.54 Å². The summed E-state index contributed by atoms with van der Waals surface area (Å²) in [5, 5.41) is 14.5. The van der Waals surface area contributed by atoms with Crippen molar-refractivity contribution in [2.75, 3.05) is 18.5 Å². The highest BCUT2D eigenvalue weighted by molar-refractivity contribution is 9.10. The highest BCUT2D eigenvalue weighted by atomic mass is 79.9. The third kappa shape index (κ3) is 4.71. The third-order valence-electron chi connectivity index (χ3n) is 2.96. The van der Waals surface area contributed by atoms with Crippen molar-refractivity contribution in [1.82, 2.24) is 10.3 Å². The van der Waals surface area contributed by atoms with E-state index in [1.807, 2.05) is 0 Å². The van der Waals surface area contributed by atoms with E-state index in [0.717, 1.165) is 0 Å². The molecule has 0 aliphatic rings. The number of pyridine rings is 1. The molecule has 3 N–H and O–H groups in total. The molecule has 8 heteroatoms. The van der Waals surface area contributed by atoms with E-state index in [1.165, 1.54) is 12.1 Å². The van der Waals surface area contributed by atoms with Gasteiger partial charge >= 0.3 is 0 Å². The summed E-state index contributed by atoms with van der Waals surface area (Å²) in [7, 11) is 0. The number of halogens is 3. The maximum Gasteiger partial charge on any atom is 0.274 e. The Hall–Kier alpha value is -1.54. The number of anilines is 1. The summed E-state index contributed by atoms with van der Waals surface area (Å²) in [6.07, 6.45) is 0. The number of carbonyl (C=O) groups is 1. The van der Waals surface area contributed by atoms with Crippen LogP contribution in [0.3, 0.4) is 0 Å². The van der Waals surface area contributed by atoms with Crippen LogP contribution in [0, 0.1) is 5.95 Å². The second-order valence-corrected chi connectivity index (χ2v) is 5.83. The molecule has 0 atom stereocenters. The Morgan fingerprint density at radius 1 is 1.35 bits per heavy atom. The number of nitrogens with zero attached hydrogens (tertiary/aromatic N) is 1. The number of carbonyl (C=O) groups excluding carboxylic acids is 1. The molecule has 122 valence electrons. The van der Waals surface area contributed by atoms with Gasteiger partial charge in [0.25, 0.3) is 5.91 Å². The molecule has 0 saturated carbocycles. The molecule has 5 nitrogen and oxygen atoms in total. The van der Waals surface area contributed by atoms with Crippen molar-refractivity contribution in [1.29, 1.82) is 0 Å². The average molecular weight is 403 g/mol. The minimum Gasteiger partial charge on any atom is -0.395 e. The molecule has 0 bridgehead atoms. The van der Waals surface area contributed by atoms with Gasteiger partial charge in [-0.15, -0.1) is 0 Å². The number of nitrogens with one attached hydrogen (secondary N) is 2. The zero-order chi connectivity index (χ0) is 16.8. The molecular formula is C15H14BrClFN3O2. The highest BCUT2D eigenvalue weighted by Gasteiger charge is 2.13. The Morgan fingerprint density at radius 3 is 2.83 bits per heavy atom. The molecule has 0 fully saturated rings. The van der Waals surface area contributed by atoms with Crippen molar-refractivity contribution in [2.24, 2.45) is 0 Å². The molecule has 0 saturated heterocycles. The standard InChI is InChI=1S/C15H14BrClFN3O2/c16-10-2-1-3-11(13(10)17)21-15(23)12-5-4-9(14(18)20-12)8-19-6-7-22/h1-5,19,22H,6-8H2,(H,21,23). The van der Waals surface area contributed by atoms with Gasteiger partial charge in [0.1, 0.15) is 5.69 Å². The van der Waals surface area contributed by atoms with E-state index in [2.05, 4.69) is 31.5 Å². The number of hydrogen-bond donors (Lipinski definition) is 3. The molecule has 1 aromatic heterocycles. The number of aromatic nitrogens is 1. The Morgan fingerprint density at radius 2 is 2.13 bits per heavy atom. The van der Waals surface area contributed by atoms with Crippen molar-refractivity contribution in [3.8, 4) is 0 Å². The predicted molar refractivity (Wildman–Crippen MR) is 90.1 cm³/mol. The summed E-state index contributed by atoms with van der Waals surface area (Å²) in [5.41, 5.74) is 0.668. The van der Waals surface area contributed by atoms with E-state index in [-0.39, 0.29) is 18.8 Å². The van der Waals surface area contributed by atoms with E-state index in [0.29, 0.717) is 27.3 Å². The fourth-order valence-corrected chi connectivity index (χ4v) is 2.35. The number of aliphatic hydroxyl groups is 1. The molecule has 0 unspecified atom stereocenters. The van der Waals surface area contributed by atoms with Crippen LogP contribution in [0.2, 0.25) is 5.02 Å². The first-order valence-corrected chi connectivity index (χ1v) is 7.92. The maximum atomic E-state index is 13.9. The molecule has 1 aromatic carbocycles. The minimum atomic E-state index is -0.733. The van der Waals surface area contributed by atoms with Crippen molar-refractivity contribution in [2.45, 2.75) is 6.54 Å². The normalized spacial score (nSPS) is 10.6. The summed E-state index contributed by atoms with van der Waals surface area (Å²) in [6, 6.07) is 8.00. The zero-order valence-electron chi connectivity index (χ0n) is 11.9. The highest BCUT2D eigenvalue weighted by Crippen LogP contribution is 2.30. The van der Waals surface area contributed by atoms with Crippen molar-refractivity contribution >= 4 is 39.1 Å². The Bertz CT molecular complexity index is 715. The molecule has 1 heterocycles.